The number of hydrogen-bond donors (Lipinski definition) is 1. The highest BCUT2D eigenvalue weighted by molar-refractivity contribution is 5.03. The SMILES string of the molecule is CCC(C)(N)c1nc(C2CCCC(C)C2)no1. The van der Waals surface area contributed by atoms with Gasteiger partial charge in [0.1, 0.15) is 0 Å². The predicted molar refractivity (Wildman–Crippen MR) is 66.5 cm³/mol. The molecule has 1 fully saturated rings. The highest BCUT2D eigenvalue weighted by Gasteiger charge is 2.29. The first-order chi connectivity index (χ1) is 8.03. The number of rotatable bonds is 3. The van der Waals surface area contributed by atoms with Crippen molar-refractivity contribution in [3.63, 3.8) is 0 Å². The highest BCUT2D eigenvalue weighted by Crippen LogP contribution is 2.35. The summed E-state index contributed by atoms with van der Waals surface area (Å²) in [6.07, 6.45) is 5.74. The zero-order valence-electron chi connectivity index (χ0n) is 11.1. The van der Waals surface area contributed by atoms with Crippen LogP contribution in [0, 0.1) is 5.92 Å². The quantitative estimate of drug-likeness (QED) is 0.877. The maximum atomic E-state index is 6.11. The van der Waals surface area contributed by atoms with Crippen LogP contribution in [0.25, 0.3) is 0 Å². The minimum atomic E-state index is -0.495. The molecular formula is C13H23N3O. The van der Waals surface area contributed by atoms with E-state index in [1.54, 1.807) is 0 Å². The van der Waals surface area contributed by atoms with Crippen LogP contribution in [0.15, 0.2) is 4.52 Å². The third kappa shape index (κ3) is 2.68. The van der Waals surface area contributed by atoms with Gasteiger partial charge in [-0.15, -0.1) is 0 Å². The van der Waals surface area contributed by atoms with E-state index in [0.29, 0.717) is 11.8 Å². The number of nitrogens with two attached hydrogens (primary N) is 1. The third-order valence-electron chi connectivity index (χ3n) is 3.97. The molecule has 2 N–H and O–H groups in total. The summed E-state index contributed by atoms with van der Waals surface area (Å²) in [7, 11) is 0. The van der Waals surface area contributed by atoms with Gasteiger partial charge in [-0.2, -0.15) is 4.98 Å². The van der Waals surface area contributed by atoms with Crippen molar-refractivity contribution in [2.24, 2.45) is 11.7 Å². The second-order valence-corrected chi connectivity index (χ2v) is 5.70. The van der Waals surface area contributed by atoms with Crippen molar-refractivity contribution in [2.75, 3.05) is 0 Å². The van der Waals surface area contributed by atoms with Crippen LogP contribution in [0.3, 0.4) is 0 Å². The Kier molecular flexibility index (Phi) is 3.52. The predicted octanol–water partition coefficient (Wildman–Crippen LogP) is 2.95. The molecule has 17 heavy (non-hydrogen) atoms. The van der Waals surface area contributed by atoms with Crippen molar-refractivity contribution in [1.29, 1.82) is 0 Å². The molecule has 1 heterocycles. The van der Waals surface area contributed by atoms with E-state index in [1.165, 1.54) is 25.7 Å². The first-order valence-electron chi connectivity index (χ1n) is 6.66. The molecule has 96 valence electrons. The standard InChI is InChI=1S/C13H23N3O/c1-4-13(3,14)12-15-11(16-17-12)10-7-5-6-9(2)8-10/h9-10H,4-8,14H2,1-3H3. The fourth-order valence-corrected chi connectivity index (χ4v) is 2.45. The van der Waals surface area contributed by atoms with Crippen molar-refractivity contribution in [1.82, 2.24) is 10.1 Å². The summed E-state index contributed by atoms with van der Waals surface area (Å²) in [5, 5.41) is 4.12. The molecular weight excluding hydrogens is 214 g/mol. The minimum Gasteiger partial charge on any atom is -0.337 e. The summed E-state index contributed by atoms with van der Waals surface area (Å²) in [6.45, 7) is 6.27. The second kappa shape index (κ2) is 4.77. The van der Waals surface area contributed by atoms with Crippen LogP contribution in [0.1, 0.15) is 70.5 Å². The Balaban J connectivity index is 2.12. The molecule has 2 rings (SSSR count). The molecule has 0 aromatic carbocycles. The van der Waals surface area contributed by atoms with E-state index < -0.39 is 5.54 Å². The van der Waals surface area contributed by atoms with Crippen molar-refractivity contribution >= 4 is 0 Å². The molecule has 4 nitrogen and oxygen atoms in total. The summed E-state index contributed by atoms with van der Waals surface area (Å²) in [6, 6.07) is 0. The summed E-state index contributed by atoms with van der Waals surface area (Å²) < 4.78 is 5.32. The lowest BCUT2D eigenvalue weighted by atomic mass is 9.82. The number of hydrogen-bond acceptors (Lipinski definition) is 4. The average Bonchev–Trinajstić information content (AvgIpc) is 2.79. The van der Waals surface area contributed by atoms with Crippen molar-refractivity contribution in [2.45, 2.75) is 64.3 Å². The maximum Gasteiger partial charge on any atom is 0.246 e. The maximum absolute atomic E-state index is 6.11. The Morgan fingerprint density at radius 1 is 1.47 bits per heavy atom. The summed E-state index contributed by atoms with van der Waals surface area (Å²) in [5.74, 6) is 2.67. The Bertz CT molecular complexity index is 372. The molecule has 1 aromatic rings. The molecule has 0 bridgehead atoms. The van der Waals surface area contributed by atoms with Gasteiger partial charge in [0.15, 0.2) is 5.82 Å². The first kappa shape index (κ1) is 12.6. The lowest BCUT2D eigenvalue weighted by molar-refractivity contribution is 0.284. The van der Waals surface area contributed by atoms with Crippen LogP contribution in [-0.2, 0) is 5.54 Å². The van der Waals surface area contributed by atoms with Crippen molar-refractivity contribution in [3.8, 4) is 0 Å². The van der Waals surface area contributed by atoms with Gasteiger partial charge in [0.2, 0.25) is 5.89 Å². The smallest absolute Gasteiger partial charge is 0.246 e. The Hall–Kier alpha value is -0.900. The van der Waals surface area contributed by atoms with E-state index in [0.717, 1.165) is 18.2 Å². The Morgan fingerprint density at radius 3 is 2.88 bits per heavy atom. The van der Waals surface area contributed by atoms with E-state index in [9.17, 15) is 0 Å². The van der Waals surface area contributed by atoms with Crippen LogP contribution in [-0.4, -0.2) is 10.1 Å². The zero-order chi connectivity index (χ0) is 12.5. The van der Waals surface area contributed by atoms with E-state index in [1.807, 2.05) is 13.8 Å². The monoisotopic (exact) mass is 237 g/mol. The molecule has 0 saturated heterocycles. The molecule has 0 aliphatic heterocycles. The molecule has 3 unspecified atom stereocenters. The van der Waals surface area contributed by atoms with Crippen LogP contribution in [0.4, 0.5) is 0 Å². The van der Waals surface area contributed by atoms with E-state index in [-0.39, 0.29) is 0 Å². The van der Waals surface area contributed by atoms with Crippen molar-refractivity contribution in [3.05, 3.63) is 11.7 Å². The molecule has 0 radical (unpaired) electrons. The average molecular weight is 237 g/mol. The lowest BCUT2D eigenvalue weighted by Gasteiger charge is -2.24. The van der Waals surface area contributed by atoms with E-state index in [4.69, 9.17) is 10.3 Å². The van der Waals surface area contributed by atoms with Gasteiger partial charge in [-0.3, -0.25) is 0 Å². The van der Waals surface area contributed by atoms with Gasteiger partial charge in [-0.1, -0.05) is 31.8 Å². The van der Waals surface area contributed by atoms with Crippen LogP contribution >= 0.6 is 0 Å². The summed E-state index contributed by atoms with van der Waals surface area (Å²) >= 11 is 0. The lowest BCUT2D eigenvalue weighted by Crippen LogP contribution is -2.32. The van der Waals surface area contributed by atoms with Gasteiger partial charge in [-0.05, 0) is 32.1 Å². The summed E-state index contributed by atoms with van der Waals surface area (Å²) in [5.41, 5.74) is 5.62. The Morgan fingerprint density at radius 2 is 2.24 bits per heavy atom. The fraction of sp³-hybridized carbons (Fsp3) is 0.846. The minimum absolute atomic E-state index is 0.462. The second-order valence-electron chi connectivity index (χ2n) is 5.70. The van der Waals surface area contributed by atoms with Crippen LogP contribution in [0.5, 0.6) is 0 Å². The molecule has 0 spiro atoms. The first-order valence-corrected chi connectivity index (χ1v) is 6.66. The molecule has 0 amide bonds. The van der Waals surface area contributed by atoms with Gasteiger partial charge in [0.25, 0.3) is 0 Å². The molecule has 1 aromatic heterocycles. The van der Waals surface area contributed by atoms with Gasteiger partial charge in [0, 0.05) is 5.92 Å². The van der Waals surface area contributed by atoms with E-state index in [2.05, 4.69) is 17.1 Å². The van der Waals surface area contributed by atoms with Crippen LogP contribution < -0.4 is 5.73 Å². The highest BCUT2D eigenvalue weighted by atomic mass is 16.5. The molecule has 1 aliphatic rings. The number of nitrogens with zero attached hydrogens (tertiary/aromatic N) is 2. The molecule has 3 atom stereocenters. The molecule has 1 aliphatic carbocycles. The summed E-state index contributed by atoms with van der Waals surface area (Å²) in [4.78, 5) is 4.51. The largest absolute Gasteiger partial charge is 0.337 e. The van der Waals surface area contributed by atoms with Gasteiger partial charge >= 0.3 is 0 Å². The van der Waals surface area contributed by atoms with Crippen LogP contribution in [0.2, 0.25) is 0 Å². The number of aromatic nitrogens is 2. The molecule has 4 heteroatoms. The normalized spacial score (nSPS) is 28.9. The van der Waals surface area contributed by atoms with Crippen molar-refractivity contribution < 1.29 is 4.52 Å². The van der Waals surface area contributed by atoms with Gasteiger partial charge in [-0.25, -0.2) is 0 Å². The van der Waals surface area contributed by atoms with Gasteiger partial charge in [0.05, 0.1) is 5.54 Å². The van der Waals surface area contributed by atoms with Gasteiger partial charge < -0.3 is 10.3 Å². The van der Waals surface area contributed by atoms with E-state index >= 15 is 0 Å². The molecule has 1 saturated carbocycles. The Labute approximate surface area is 103 Å². The fourth-order valence-electron chi connectivity index (χ4n) is 2.45. The third-order valence-corrected chi connectivity index (χ3v) is 3.97. The topological polar surface area (TPSA) is 64.9 Å². The zero-order valence-corrected chi connectivity index (χ0v) is 11.1.